The highest BCUT2D eigenvalue weighted by molar-refractivity contribution is 6.22. The molecule has 0 aromatic carbocycles. The smallest absolute Gasteiger partial charge is 0.407 e. The second-order valence-electron chi connectivity index (χ2n) is 5.59. The van der Waals surface area contributed by atoms with Crippen LogP contribution in [0.15, 0.2) is 12.7 Å². The van der Waals surface area contributed by atoms with Crippen LogP contribution in [-0.2, 0) is 4.74 Å². The standard InChI is InChI=1S/C13H24ClNO3/c1-7-9(14)11(16)10(8(2)3)15-12(17)18-13(4,5)6/h7-11,16H,1H2,2-6H3,(H,15,17)/t9-,10+,11+/m1/s1. The van der Waals surface area contributed by atoms with Crippen LogP contribution in [0.25, 0.3) is 0 Å². The van der Waals surface area contributed by atoms with E-state index in [-0.39, 0.29) is 5.92 Å². The lowest BCUT2D eigenvalue weighted by Crippen LogP contribution is -2.51. The number of alkyl halides is 1. The SMILES string of the molecule is C=C[C@@H](Cl)[C@H](O)[C@@H](NC(=O)OC(C)(C)C)C(C)C. The van der Waals surface area contributed by atoms with Crippen molar-refractivity contribution in [1.82, 2.24) is 5.32 Å². The quantitative estimate of drug-likeness (QED) is 0.600. The van der Waals surface area contributed by atoms with Gasteiger partial charge in [-0.3, -0.25) is 0 Å². The zero-order valence-electron chi connectivity index (χ0n) is 11.7. The molecule has 0 aliphatic heterocycles. The Morgan fingerprint density at radius 3 is 2.28 bits per heavy atom. The molecule has 2 N–H and O–H groups in total. The van der Waals surface area contributed by atoms with Gasteiger partial charge in [-0.05, 0) is 26.7 Å². The highest BCUT2D eigenvalue weighted by Gasteiger charge is 2.30. The number of amides is 1. The summed E-state index contributed by atoms with van der Waals surface area (Å²) in [5.41, 5.74) is -0.574. The second-order valence-corrected chi connectivity index (χ2v) is 6.09. The zero-order chi connectivity index (χ0) is 14.5. The summed E-state index contributed by atoms with van der Waals surface area (Å²) in [4.78, 5) is 11.7. The topological polar surface area (TPSA) is 58.6 Å². The Bertz CT molecular complexity index is 286. The third kappa shape index (κ3) is 6.26. The molecule has 0 fully saturated rings. The highest BCUT2D eigenvalue weighted by atomic mass is 35.5. The van der Waals surface area contributed by atoms with Crippen molar-refractivity contribution >= 4 is 17.7 Å². The molecule has 0 aliphatic rings. The van der Waals surface area contributed by atoms with Crippen molar-refractivity contribution in [2.75, 3.05) is 0 Å². The molecule has 0 aromatic rings. The fourth-order valence-corrected chi connectivity index (χ4v) is 1.58. The lowest BCUT2D eigenvalue weighted by Gasteiger charge is -2.30. The molecule has 0 bridgehead atoms. The second kappa shape index (κ2) is 7.00. The van der Waals surface area contributed by atoms with E-state index in [1.807, 2.05) is 13.8 Å². The summed E-state index contributed by atoms with van der Waals surface area (Å²) in [7, 11) is 0. The maximum Gasteiger partial charge on any atom is 0.407 e. The van der Waals surface area contributed by atoms with Crippen LogP contribution < -0.4 is 5.32 Å². The van der Waals surface area contributed by atoms with Crippen LogP contribution in [0, 0.1) is 5.92 Å². The predicted molar refractivity (Wildman–Crippen MR) is 73.8 cm³/mol. The van der Waals surface area contributed by atoms with Crippen LogP contribution in [0.4, 0.5) is 4.79 Å². The van der Waals surface area contributed by atoms with Crippen molar-refractivity contribution in [1.29, 1.82) is 0 Å². The number of rotatable bonds is 5. The van der Waals surface area contributed by atoms with Gasteiger partial charge in [-0.25, -0.2) is 4.79 Å². The van der Waals surface area contributed by atoms with E-state index in [0.717, 1.165) is 0 Å². The molecule has 3 atom stereocenters. The van der Waals surface area contributed by atoms with Gasteiger partial charge < -0.3 is 15.2 Å². The maximum atomic E-state index is 11.7. The number of halogens is 1. The largest absolute Gasteiger partial charge is 0.444 e. The van der Waals surface area contributed by atoms with Crippen molar-refractivity contribution in [2.45, 2.75) is 57.7 Å². The number of aliphatic hydroxyl groups excluding tert-OH is 1. The molecule has 0 saturated carbocycles. The number of aliphatic hydroxyl groups is 1. The maximum absolute atomic E-state index is 11.7. The molecular weight excluding hydrogens is 254 g/mol. The third-order valence-electron chi connectivity index (χ3n) is 2.32. The van der Waals surface area contributed by atoms with Gasteiger partial charge in [0.1, 0.15) is 5.60 Å². The Hall–Kier alpha value is -0.740. The molecule has 0 aromatic heterocycles. The van der Waals surface area contributed by atoms with Crippen molar-refractivity contribution in [3.63, 3.8) is 0 Å². The lowest BCUT2D eigenvalue weighted by atomic mass is 9.96. The molecule has 5 heteroatoms. The Morgan fingerprint density at radius 1 is 1.44 bits per heavy atom. The van der Waals surface area contributed by atoms with Crippen LogP contribution in [-0.4, -0.2) is 34.3 Å². The molecule has 1 amide bonds. The van der Waals surface area contributed by atoms with E-state index in [1.54, 1.807) is 20.8 Å². The van der Waals surface area contributed by atoms with Crippen LogP contribution in [0.2, 0.25) is 0 Å². The van der Waals surface area contributed by atoms with Crippen LogP contribution in [0.1, 0.15) is 34.6 Å². The molecule has 106 valence electrons. The summed E-state index contributed by atoms with van der Waals surface area (Å²) in [5.74, 6) is 0.0220. The van der Waals surface area contributed by atoms with Crippen LogP contribution in [0.3, 0.4) is 0 Å². The van der Waals surface area contributed by atoms with Gasteiger partial charge in [-0.2, -0.15) is 0 Å². The summed E-state index contributed by atoms with van der Waals surface area (Å²) in [6.07, 6.45) is -0.0249. The van der Waals surface area contributed by atoms with E-state index in [9.17, 15) is 9.90 Å². The van der Waals surface area contributed by atoms with Gasteiger partial charge in [0.25, 0.3) is 0 Å². The summed E-state index contributed by atoms with van der Waals surface area (Å²) >= 11 is 5.91. The Kier molecular flexibility index (Phi) is 6.71. The van der Waals surface area contributed by atoms with E-state index in [4.69, 9.17) is 16.3 Å². The first kappa shape index (κ1) is 17.3. The minimum absolute atomic E-state index is 0.0220. The van der Waals surface area contributed by atoms with Gasteiger partial charge >= 0.3 is 6.09 Å². The predicted octanol–water partition coefficient (Wildman–Crippen LogP) is 2.69. The van der Waals surface area contributed by atoms with E-state index in [2.05, 4.69) is 11.9 Å². The van der Waals surface area contributed by atoms with Gasteiger partial charge in [0, 0.05) is 0 Å². The van der Waals surface area contributed by atoms with Gasteiger partial charge in [0.15, 0.2) is 0 Å². The fourth-order valence-electron chi connectivity index (χ4n) is 1.43. The van der Waals surface area contributed by atoms with Crippen molar-refractivity contribution in [3.05, 3.63) is 12.7 Å². The van der Waals surface area contributed by atoms with E-state index in [0.29, 0.717) is 0 Å². The molecule has 0 spiro atoms. The van der Waals surface area contributed by atoms with E-state index in [1.165, 1.54) is 6.08 Å². The van der Waals surface area contributed by atoms with Crippen molar-refractivity contribution in [2.24, 2.45) is 5.92 Å². The van der Waals surface area contributed by atoms with Gasteiger partial charge in [-0.15, -0.1) is 18.2 Å². The molecule has 0 aliphatic carbocycles. The Morgan fingerprint density at radius 2 is 1.94 bits per heavy atom. The average molecular weight is 278 g/mol. The van der Waals surface area contributed by atoms with Crippen molar-refractivity contribution in [3.8, 4) is 0 Å². The number of hydrogen-bond donors (Lipinski definition) is 2. The average Bonchev–Trinajstić information content (AvgIpc) is 2.20. The van der Waals surface area contributed by atoms with Gasteiger partial charge in [0.2, 0.25) is 0 Å². The van der Waals surface area contributed by atoms with Crippen LogP contribution >= 0.6 is 11.6 Å². The minimum atomic E-state index is -0.906. The number of hydrogen-bond acceptors (Lipinski definition) is 3. The summed E-state index contributed by atoms with van der Waals surface area (Å²) in [5, 5.41) is 12.0. The number of carbonyl (C=O) groups is 1. The molecule has 0 heterocycles. The zero-order valence-corrected chi connectivity index (χ0v) is 12.5. The molecule has 0 unspecified atom stereocenters. The van der Waals surface area contributed by atoms with Gasteiger partial charge in [0.05, 0.1) is 17.5 Å². The first-order valence-corrected chi connectivity index (χ1v) is 6.46. The first-order valence-electron chi connectivity index (χ1n) is 6.02. The number of alkyl carbamates (subject to hydrolysis) is 1. The number of ether oxygens (including phenoxy) is 1. The molecule has 4 nitrogen and oxygen atoms in total. The monoisotopic (exact) mass is 277 g/mol. The molecular formula is C13H24ClNO3. The molecule has 0 saturated heterocycles. The van der Waals surface area contributed by atoms with Gasteiger partial charge in [-0.1, -0.05) is 19.9 Å². The summed E-state index contributed by atoms with van der Waals surface area (Å²) in [6, 6.07) is -0.486. The highest BCUT2D eigenvalue weighted by Crippen LogP contribution is 2.16. The van der Waals surface area contributed by atoms with E-state index < -0.39 is 29.2 Å². The first-order chi connectivity index (χ1) is 8.08. The third-order valence-corrected chi connectivity index (χ3v) is 2.76. The van der Waals surface area contributed by atoms with Crippen LogP contribution in [0.5, 0.6) is 0 Å². The number of nitrogens with one attached hydrogen (secondary N) is 1. The summed E-state index contributed by atoms with van der Waals surface area (Å²) in [6.45, 7) is 12.6. The molecule has 0 radical (unpaired) electrons. The Balaban J connectivity index is 4.64. The Labute approximate surface area is 114 Å². The molecule has 0 rings (SSSR count). The fraction of sp³-hybridized carbons (Fsp3) is 0.769. The molecule has 18 heavy (non-hydrogen) atoms. The minimum Gasteiger partial charge on any atom is -0.444 e. The normalized spacial score (nSPS) is 16.9. The van der Waals surface area contributed by atoms with Crippen molar-refractivity contribution < 1.29 is 14.6 Å². The number of carbonyl (C=O) groups excluding carboxylic acids is 1. The lowest BCUT2D eigenvalue weighted by molar-refractivity contribution is 0.0384. The van der Waals surface area contributed by atoms with E-state index >= 15 is 0 Å². The summed E-state index contributed by atoms with van der Waals surface area (Å²) < 4.78 is 5.15.